The van der Waals surface area contributed by atoms with Gasteiger partial charge >= 0.3 is 0 Å². The molecule has 0 saturated heterocycles. The van der Waals surface area contributed by atoms with Gasteiger partial charge in [0.1, 0.15) is 0 Å². The molecule has 1 N–H and O–H groups in total. The SMILES string of the molecule is CSc1ccc(C(=O)CSc2nccc(=O)[nH]2)cc1. The highest BCUT2D eigenvalue weighted by atomic mass is 32.2. The molecule has 0 bridgehead atoms. The maximum atomic E-state index is 12.0. The molecule has 2 aromatic rings. The summed E-state index contributed by atoms with van der Waals surface area (Å²) in [6.45, 7) is 0. The van der Waals surface area contributed by atoms with E-state index in [-0.39, 0.29) is 17.1 Å². The van der Waals surface area contributed by atoms with E-state index in [1.165, 1.54) is 24.0 Å². The van der Waals surface area contributed by atoms with Gasteiger partial charge in [-0.2, -0.15) is 0 Å². The summed E-state index contributed by atoms with van der Waals surface area (Å²) < 4.78 is 0. The first-order valence-corrected chi connectivity index (χ1v) is 7.75. The van der Waals surface area contributed by atoms with Gasteiger partial charge in [-0.1, -0.05) is 23.9 Å². The van der Waals surface area contributed by atoms with Crippen LogP contribution in [0, 0.1) is 0 Å². The van der Waals surface area contributed by atoms with E-state index in [2.05, 4.69) is 9.97 Å². The van der Waals surface area contributed by atoms with Crippen molar-refractivity contribution >= 4 is 29.3 Å². The molecule has 0 saturated carbocycles. The van der Waals surface area contributed by atoms with Crippen molar-refractivity contribution in [2.45, 2.75) is 10.1 Å². The average molecular weight is 292 g/mol. The number of H-pyrrole nitrogens is 1. The first-order valence-electron chi connectivity index (χ1n) is 5.54. The lowest BCUT2D eigenvalue weighted by Gasteiger charge is -2.02. The minimum Gasteiger partial charge on any atom is -0.301 e. The molecule has 0 fully saturated rings. The number of nitrogens with one attached hydrogen (secondary N) is 1. The lowest BCUT2D eigenvalue weighted by molar-refractivity contribution is 0.102. The molecule has 1 heterocycles. The van der Waals surface area contributed by atoms with Crippen molar-refractivity contribution in [1.29, 1.82) is 0 Å². The van der Waals surface area contributed by atoms with Crippen LogP contribution in [0.25, 0.3) is 0 Å². The summed E-state index contributed by atoms with van der Waals surface area (Å²) in [4.78, 5) is 30.7. The van der Waals surface area contributed by atoms with Gasteiger partial charge in [-0.25, -0.2) is 4.98 Å². The zero-order chi connectivity index (χ0) is 13.7. The van der Waals surface area contributed by atoms with Crippen LogP contribution < -0.4 is 5.56 Å². The molecule has 6 heteroatoms. The Morgan fingerprint density at radius 2 is 2.00 bits per heavy atom. The quantitative estimate of drug-likeness (QED) is 0.521. The number of hydrogen-bond donors (Lipinski definition) is 1. The van der Waals surface area contributed by atoms with Crippen LogP contribution in [0.2, 0.25) is 0 Å². The lowest BCUT2D eigenvalue weighted by Crippen LogP contribution is -2.07. The van der Waals surface area contributed by atoms with Crippen molar-refractivity contribution in [2.24, 2.45) is 0 Å². The van der Waals surface area contributed by atoms with Crippen LogP contribution in [-0.4, -0.2) is 27.8 Å². The predicted octanol–water partition coefficient (Wildman–Crippen LogP) is 2.47. The second kappa shape index (κ2) is 6.58. The zero-order valence-corrected chi connectivity index (χ0v) is 11.9. The van der Waals surface area contributed by atoms with Crippen molar-refractivity contribution in [3.8, 4) is 0 Å². The monoisotopic (exact) mass is 292 g/mol. The number of aromatic nitrogens is 2. The second-order valence-corrected chi connectivity index (χ2v) is 5.52. The second-order valence-electron chi connectivity index (χ2n) is 3.68. The number of Topliss-reactive ketones (excluding diaryl/α,β-unsaturated/α-hetero) is 1. The van der Waals surface area contributed by atoms with Crippen molar-refractivity contribution in [3.63, 3.8) is 0 Å². The molecule has 2 rings (SSSR count). The molecule has 0 spiro atoms. The summed E-state index contributed by atoms with van der Waals surface area (Å²) in [5.74, 6) is 0.273. The fourth-order valence-corrected chi connectivity index (χ4v) is 2.57. The number of thioether (sulfide) groups is 2. The van der Waals surface area contributed by atoms with Crippen LogP contribution in [0.15, 0.2) is 51.4 Å². The Hall–Kier alpha value is -1.53. The minimum absolute atomic E-state index is 0.0177. The van der Waals surface area contributed by atoms with Crippen LogP contribution in [0.3, 0.4) is 0 Å². The summed E-state index contributed by atoms with van der Waals surface area (Å²) in [6, 6.07) is 8.81. The molecule has 0 radical (unpaired) electrons. The third kappa shape index (κ3) is 3.97. The first-order chi connectivity index (χ1) is 9.19. The number of hydrogen-bond acceptors (Lipinski definition) is 5. The average Bonchev–Trinajstić information content (AvgIpc) is 2.45. The van der Waals surface area contributed by atoms with E-state index in [1.807, 2.05) is 30.5 Å². The Kier molecular flexibility index (Phi) is 4.81. The zero-order valence-electron chi connectivity index (χ0n) is 10.3. The number of aromatic amines is 1. The number of benzene rings is 1. The summed E-state index contributed by atoms with van der Waals surface area (Å²) in [7, 11) is 0. The van der Waals surface area contributed by atoms with Crippen molar-refractivity contribution in [2.75, 3.05) is 12.0 Å². The van der Waals surface area contributed by atoms with Gasteiger partial charge in [0.25, 0.3) is 5.56 Å². The molecule has 1 aromatic carbocycles. The molecule has 0 aliphatic carbocycles. The summed E-state index contributed by atoms with van der Waals surface area (Å²) in [6.07, 6.45) is 3.42. The van der Waals surface area contributed by atoms with Crippen LogP contribution in [-0.2, 0) is 0 Å². The number of carbonyl (C=O) groups is 1. The Morgan fingerprint density at radius 3 is 2.63 bits per heavy atom. The van der Waals surface area contributed by atoms with Crippen LogP contribution in [0.4, 0.5) is 0 Å². The highest BCUT2D eigenvalue weighted by Crippen LogP contribution is 2.17. The smallest absolute Gasteiger partial charge is 0.251 e. The number of carbonyl (C=O) groups excluding carboxylic acids is 1. The van der Waals surface area contributed by atoms with Gasteiger partial charge in [-0.3, -0.25) is 9.59 Å². The highest BCUT2D eigenvalue weighted by Gasteiger charge is 2.07. The number of ketones is 1. The van der Waals surface area contributed by atoms with Crippen LogP contribution in [0.1, 0.15) is 10.4 Å². The third-order valence-corrected chi connectivity index (χ3v) is 4.03. The Morgan fingerprint density at radius 1 is 1.26 bits per heavy atom. The number of nitrogens with zero attached hydrogens (tertiary/aromatic N) is 1. The maximum Gasteiger partial charge on any atom is 0.251 e. The molecular formula is C13H12N2O2S2. The molecule has 1 aromatic heterocycles. The van der Waals surface area contributed by atoms with Gasteiger partial charge in [0, 0.05) is 22.7 Å². The topological polar surface area (TPSA) is 62.8 Å². The van der Waals surface area contributed by atoms with Crippen molar-refractivity contribution < 1.29 is 4.79 Å². The predicted molar refractivity (Wildman–Crippen MR) is 78.1 cm³/mol. The third-order valence-electron chi connectivity index (χ3n) is 2.40. The van der Waals surface area contributed by atoms with Crippen LogP contribution >= 0.6 is 23.5 Å². The van der Waals surface area contributed by atoms with E-state index in [4.69, 9.17) is 0 Å². The fraction of sp³-hybridized carbons (Fsp3) is 0.154. The molecule has 0 atom stereocenters. The molecule has 0 unspecified atom stereocenters. The van der Waals surface area contributed by atoms with E-state index < -0.39 is 0 Å². The first kappa shape index (κ1) is 13.9. The number of rotatable bonds is 5. The minimum atomic E-state index is -0.214. The van der Waals surface area contributed by atoms with Crippen molar-refractivity contribution in [3.05, 3.63) is 52.4 Å². The molecule has 0 aliphatic heterocycles. The summed E-state index contributed by atoms with van der Waals surface area (Å²) >= 11 is 2.86. The van der Waals surface area contributed by atoms with E-state index in [0.29, 0.717) is 10.7 Å². The molecule has 19 heavy (non-hydrogen) atoms. The fourth-order valence-electron chi connectivity index (χ4n) is 1.42. The Labute approximate surface area is 119 Å². The largest absolute Gasteiger partial charge is 0.301 e. The normalized spacial score (nSPS) is 10.4. The molecule has 0 aliphatic rings. The summed E-state index contributed by atoms with van der Waals surface area (Å²) in [5.41, 5.74) is 0.456. The molecule has 0 amide bonds. The van der Waals surface area contributed by atoms with Gasteiger partial charge in [0.05, 0.1) is 5.75 Å². The van der Waals surface area contributed by atoms with Gasteiger partial charge in [0.2, 0.25) is 0 Å². The standard InChI is InChI=1S/C13H12N2O2S2/c1-18-10-4-2-9(3-5-10)11(16)8-19-13-14-7-6-12(17)15-13/h2-7H,8H2,1H3,(H,14,15,17). The van der Waals surface area contributed by atoms with Crippen LogP contribution in [0.5, 0.6) is 0 Å². The van der Waals surface area contributed by atoms with Gasteiger partial charge in [-0.15, -0.1) is 11.8 Å². The lowest BCUT2D eigenvalue weighted by atomic mass is 10.1. The van der Waals surface area contributed by atoms with E-state index in [1.54, 1.807) is 11.8 Å². The van der Waals surface area contributed by atoms with Gasteiger partial charge < -0.3 is 4.98 Å². The Bertz CT molecular complexity index is 623. The molecule has 4 nitrogen and oxygen atoms in total. The molecular weight excluding hydrogens is 280 g/mol. The van der Waals surface area contributed by atoms with Crippen molar-refractivity contribution in [1.82, 2.24) is 9.97 Å². The summed E-state index contributed by atoms with van der Waals surface area (Å²) in [5, 5.41) is 0.460. The van der Waals surface area contributed by atoms with E-state index in [0.717, 1.165) is 4.90 Å². The van der Waals surface area contributed by atoms with E-state index in [9.17, 15) is 9.59 Å². The highest BCUT2D eigenvalue weighted by molar-refractivity contribution is 7.99. The van der Waals surface area contributed by atoms with Gasteiger partial charge in [-0.05, 0) is 18.4 Å². The Balaban J connectivity index is 1.99. The molecule has 98 valence electrons. The van der Waals surface area contributed by atoms with Gasteiger partial charge in [0.15, 0.2) is 10.9 Å². The maximum absolute atomic E-state index is 12.0. The van der Waals surface area contributed by atoms with E-state index >= 15 is 0 Å².